The molecule has 0 rings (SSSR count). The lowest BCUT2D eigenvalue weighted by atomic mass is 10.0. The summed E-state index contributed by atoms with van der Waals surface area (Å²) in [6, 6.07) is 0. The van der Waals surface area contributed by atoms with E-state index in [0.29, 0.717) is 19.1 Å². The van der Waals surface area contributed by atoms with Gasteiger partial charge in [0.05, 0.1) is 19.3 Å². The van der Waals surface area contributed by atoms with Gasteiger partial charge in [-0.05, 0) is 59.3 Å². The zero-order valence-corrected chi connectivity index (χ0v) is 21.5. The van der Waals surface area contributed by atoms with Gasteiger partial charge in [0.25, 0.3) is 0 Å². The van der Waals surface area contributed by atoms with E-state index in [4.69, 9.17) is 14.2 Å². The zero-order chi connectivity index (χ0) is 22.8. The summed E-state index contributed by atoms with van der Waals surface area (Å²) in [6.45, 7) is 18.8. The van der Waals surface area contributed by atoms with E-state index in [0.717, 1.165) is 38.5 Å². The van der Waals surface area contributed by atoms with E-state index in [1.54, 1.807) is 0 Å². The molecular formula is C27H52O3. The van der Waals surface area contributed by atoms with Crippen molar-refractivity contribution >= 4 is 0 Å². The average molecular weight is 425 g/mol. The minimum atomic E-state index is -1.07. The van der Waals surface area contributed by atoms with Crippen molar-refractivity contribution in [3.63, 3.8) is 0 Å². The predicted octanol–water partition coefficient (Wildman–Crippen LogP) is 8.59. The topological polar surface area (TPSA) is 27.7 Å². The molecule has 0 aliphatic heterocycles. The van der Waals surface area contributed by atoms with E-state index in [-0.39, 0.29) is 6.10 Å². The molecule has 3 heteroatoms. The van der Waals surface area contributed by atoms with Crippen LogP contribution in [0.5, 0.6) is 0 Å². The Labute approximate surface area is 188 Å². The van der Waals surface area contributed by atoms with Crippen molar-refractivity contribution in [1.82, 2.24) is 0 Å². The molecule has 0 spiro atoms. The SMILES string of the molecule is CCCCCCOC(C=C(C)CCC=C(C)C)(OCCCCC)OC(C)C(C)CC. The molecule has 0 saturated heterocycles. The molecule has 0 N–H and O–H groups in total. The molecule has 0 fully saturated rings. The van der Waals surface area contributed by atoms with Crippen LogP contribution in [0, 0.1) is 5.92 Å². The summed E-state index contributed by atoms with van der Waals surface area (Å²) >= 11 is 0. The molecule has 0 saturated carbocycles. The Morgan fingerprint density at radius 1 is 0.833 bits per heavy atom. The van der Waals surface area contributed by atoms with Crippen molar-refractivity contribution in [3.8, 4) is 0 Å². The van der Waals surface area contributed by atoms with Crippen molar-refractivity contribution in [2.45, 2.75) is 132 Å². The smallest absolute Gasteiger partial charge is 0.305 e. The maximum Gasteiger partial charge on any atom is 0.305 e. The van der Waals surface area contributed by atoms with Crippen molar-refractivity contribution in [1.29, 1.82) is 0 Å². The van der Waals surface area contributed by atoms with Crippen LogP contribution >= 0.6 is 0 Å². The van der Waals surface area contributed by atoms with Gasteiger partial charge >= 0.3 is 5.97 Å². The quantitative estimate of drug-likeness (QED) is 0.118. The summed E-state index contributed by atoms with van der Waals surface area (Å²) in [7, 11) is 0. The summed E-state index contributed by atoms with van der Waals surface area (Å²) in [5, 5.41) is 0. The van der Waals surface area contributed by atoms with Gasteiger partial charge in [0.1, 0.15) is 0 Å². The van der Waals surface area contributed by atoms with Crippen LogP contribution in [0.2, 0.25) is 0 Å². The first-order chi connectivity index (χ1) is 14.3. The van der Waals surface area contributed by atoms with Gasteiger partial charge in [-0.25, -0.2) is 0 Å². The molecule has 30 heavy (non-hydrogen) atoms. The molecule has 0 aromatic rings. The highest BCUT2D eigenvalue weighted by Gasteiger charge is 2.34. The molecule has 0 amide bonds. The minimum Gasteiger partial charge on any atom is -0.324 e. The van der Waals surface area contributed by atoms with Gasteiger partial charge in [-0.2, -0.15) is 0 Å². The van der Waals surface area contributed by atoms with E-state index in [1.165, 1.54) is 36.8 Å². The van der Waals surface area contributed by atoms with Crippen LogP contribution in [0.15, 0.2) is 23.3 Å². The molecule has 3 unspecified atom stereocenters. The highest BCUT2D eigenvalue weighted by atomic mass is 16.9. The number of allylic oxidation sites excluding steroid dienone is 3. The zero-order valence-electron chi connectivity index (χ0n) is 21.5. The standard InChI is InChI=1S/C27H52O3/c1-9-12-14-16-21-29-27(28-20-15-13-10-2,30-26(8)25(7)11-3)22-24(6)19-17-18-23(4)5/h18,22,25-26H,9-17,19-21H2,1-8H3. The van der Waals surface area contributed by atoms with E-state index >= 15 is 0 Å². The molecule has 0 aliphatic rings. The number of hydrogen-bond donors (Lipinski definition) is 0. The fourth-order valence-electron chi connectivity index (χ4n) is 3.21. The largest absolute Gasteiger partial charge is 0.324 e. The van der Waals surface area contributed by atoms with Gasteiger partial charge in [0.15, 0.2) is 0 Å². The van der Waals surface area contributed by atoms with Crippen LogP contribution in [-0.4, -0.2) is 25.3 Å². The van der Waals surface area contributed by atoms with Crippen molar-refractivity contribution in [2.75, 3.05) is 13.2 Å². The lowest BCUT2D eigenvalue weighted by molar-refractivity contribution is -0.367. The van der Waals surface area contributed by atoms with E-state index in [2.05, 4.69) is 67.5 Å². The second-order valence-electron chi connectivity index (χ2n) is 9.09. The van der Waals surface area contributed by atoms with Crippen LogP contribution in [0.4, 0.5) is 0 Å². The summed E-state index contributed by atoms with van der Waals surface area (Å²) in [5.74, 6) is -0.621. The van der Waals surface area contributed by atoms with Crippen molar-refractivity contribution in [2.24, 2.45) is 5.92 Å². The molecule has 0 radical (unpaired) electrons. The molecule has 178 valence electrons. The highest BCUT2D eigenvalue weighted by molar-refractivity contribution is 5.06. The van der Waals surface area contributed by atoms with Crippen LogP contribution in [-0.2, 0) is 14.2 Å². The van der Waals surface area contributed by atoms with Crippen LogP contribution in [0.25, 0.3) is 0 Å². The summed E-state index contributed by atoms with van der Waals surface area (Å²) < 4.78 is 19.3. The third-order valence-electron chi connectivity index (χ3n) is 5.66. The first-order valence-corrected chi connectivity index (χ1v) is 12.6. The Morgan fingerprint density at radius 3 is 1.93 bits per heavy atom. The Morgan fingerprint density at radius 2 is 1.40 bits per heavy atom. The fourth-order valence-corrected chi connectivity index (χ4v) is 3.21. The molecular weight excluding hydrogens is 372 g/mol. The number of unbranched alkanes of at least 4 members (excludes halogenated alkanes) is 5. The summed E-state index contributed by atoms with van der Waals surface area (Å²) in [4.78, 5) is 0. The predicted molar refractivity (Wildman–Crippen MR) is 131 cm³/mol. The summed E-state index contributed by atoms with van der Waals surface area (Å²) in [6.07, 6.45) is 15.6. The van der Waals surface area contributed by atoms with Crippen molar-refractivity contribution < 1.29 is 14.2 Å². The first kappa shape index (κ1) is 29.4. The Bertz CT molecular complexity index is 465. The van der Waals surface area contributed by atoms with Crippen molar-refractivity contribution in [3.05, 3.63) is 23.3 Å². The minimum absolute atomic E-state index is 0.0682. The highest BCUT2D eigenvalue weighted by Crippen LogP contribution is 2.27. The van der Waals surface area contributed by atoms with E-state index in [9.17, 15) is 0 Å². The molecule has 3 nitrogen and oxygen atoms in total. The number of hydrogen-bond acceptors (Lipinski definition) is 3. The van der Waals surface area contributed by atoms with Crippen LogP contribution < -0.4 is 0 Å². The monoisotopic (exact) mass is 424 g/mol. The van der Waals surface area contributed by atoms with Gasteiger partial charge in [-0.3, -0.25) is 0 Å². The number of ether oxygens (including phenoxy) is 3. The normalized spacial score (nSPS) is 16.2. The lowest BCUT2D eigenvalue weighted by Gasteiger charge is -2.35. The maximum atomic E-state index is 6.54. The van der Waals surface area contributed by atoms with Gasteiger partial charge < -0.3 is 14.2 Å². The lowest BCUT2D eigenvalue weighted by Crippen LogP contribution is -2.42. The second-order valence-corrected chi connectivity index (χ2v) is 9.09. The fraction of sp³-hybridized carbons (Fsp3) is 0.852. The van der Waals surface area contributed by atoms with Gasteiger partial charge in [0.2, 0.25) is 0 Å². The van der Waals surface area contributed by atoms with Gasteiger partial charge in [-0.15, -0.1) is 0 Å². The molecule has 0 aliphatic carbocycles. The Kier molecular flexibility index (Phi) is 17.6. The molecule has 0 heterocycles. The molecule has 3 atom stereocenters. The Balaban J connectivity index is 5.47. The first-order valence-electron chi connectivity index (χ1n) is 12.6. The molecule has 0 bridgehead atoms. The summed E-state index contributed by atoms with van der Waals surface area (Å²) in [5.41, 5.74) is 2.62. The molecule has 0 aromatic heterocycles. The molecule has 0 aromatic carbocycles. The third kappa shape index (κ3) is 14.4. The van der Waals surface area contributed by atoms with Gasteiger partial charge in [-0.1, -0.05) is 83.4 Å². The second kappa shape index (κ2) is 18.0. The van der Waals surface area contributed by atoms with E-state index < -0.39 is 5.97 Å². The maximum absolute atomic E-state index is 6.54. The van der Waals surface area contributed by atoms with Crippen LogP contribution in [0.3, 0.4) is 0 Å². The Hall–Kier alpha value is -0.640. The third-order valence-corrected chi connectivity index (χ3v) is 5.66. The van der Waals surface area contributed by atoms with Gasteiger partial charge in [0, 0.05) is 6.08 Å². The number of rotatable bonds is 19. The van der Waals surface area contributed by atoms with Crippen LogP contribution in [0.1, 0.15) is 120 Å². The van der Waals surface area contributed by atoms with E-state index in [1.807, 2.05) is 0 Å². The average Bonchev–Trinajstić information content (AvgIpc) is 2.70.